The van der Waals surface area contributed by atoms with Gasteiger partial charge in [-0.15, -0.1) is 0 Å². The number of nitrogens with two attached hydrogens (primary N) is 2. The summed E-state index contributed by atoms with van der Waals surface area (Å²) in [5.74, 6) is -1.36. The minimum atomic E-state index is -0.655. The number of hydrogen-bond acceptors (Lipinski definition) is 5. The third-order valence-electron chi connectivity index (χ3n) is 3.42. The Morgan fingerprint density at radius 2 is 1.42 bits per heavy atom. The van der Waals surface area contributed by atoms with Gasteiger partial charge in [0.15, 0.2) is 0 Å². The first-order valence-electron chi connectivity index (χ1n) is 6.88. The number of nitrogen functional groups attached to an aromatic ring is 2. The van der Waals surface area contributed by atoms with Crippen molar-refractivity contribution in [3.05, 3.63) is 59.7 Å². The Kier molecular flexibility index (Phi) is 3.80. The van der Waals surface area contributed by atoms with Gasteiger partial charge in [0, 0.05) is 11.6 Å². The molecule has 0 amide bonds. The Morgan fingerprint density at radius 1 is 0.833 bits per heavy atom. The third kappa shape index (κ3) is 2.85. The van der Waals surface area contributed by atoms with Crippen molar-refractivity contribution in [2.45, 2.75) is 0 Å². The van der Waals surface area contributed by atoms with Gasteiger partial charge >= 0.3 is 0 Å². The smallest absolute Gasteiger partial charge is 0.222 e. The van der Waals surface area contributed by atoms with Crippen molar-refractivity contribution in [2.75, 3.05) is 11.5 Å². The van der Waals surface area contributed by atoms with Gasteiger partial charge < -0.3 is 11.5 Å². The number of hydrogen-bond donors (Lipinski definition) is 2. The van der Waals surface area contributed by atoms with Gasteiger partial charge in [0.1, 0.15) is 29.1 Å². The summed E-state index contributed by atoms with van der Waals surface area (Å²) >= 11 is 0. The minimum absolute atomic E-state index is 0.00345. The number of rotatable bonds is 2. The van der Waals surface area contributed by atoms with Crippen LogP contribution in [0.4, 0.5) is 20.5 Å². The predicted molar refractivity (Wildman–Crippen MR) is 86.4 cm³/mol. The van der Waals surface area contributed by atoms with Crippen molar-refractivity contribution in [3.8, 4) is 28.5 Å². The summed E-state index contributed by atoms with van der Waals surface area (Å²) in [7, 11) is 0. The fourth-order valence-corrected chi connectivity index (χ4v) is 2.36. The summed E-state index contributed by atoms with van der Waals surface area (Å²) in [6, 6.07) is 11.9. The molecule has 0 saturated carbocycles. The average molecular weight is 323 g/mol. The molecule has 3 rings (SSSR count). The van der Waals surface area contributed by atoms with E-state index in [-0.39, 0.29) is 17.3 Å². The van der Waals surface area contributed by atoms with Crippen LogP contribution in [0.5, 0.6) is 0 Å². The summed E-state index contributed by atoms with van der Waals surface area (Å²) in [4.78, 5) is 7.80. The van der Waals surface area contributed by atoms with Crippen molar-refractivity contribution in [2.24, 2.45) is 0 Å². The lowest BCUT2D eigenvalue weighted by atomic mass is 10.0. The van der Waals surface area contributed by atoms with Crippen LogP contribution >= 0.6 is 0 Å². The lowest BCUT2D eigenvalue weighted by molar-refractivity contribution is 0.584. The van der Waals surface area contributed by atoms with E-state index in [1.165, 1.54) is 12.1 Å². The van der Waals surface area contributed by atoms with Gasteiger partial charge in [-0.1, -0.05) is 24.3 Å². The number of aromatic nitrogens is 2. The topological polar surface area (TPSA) is 102 Å². The maximum absolute atomic E-state index is 13.3. The Hall–Kier alpha value is -3.53. The molecule has 1 heterocycles. The van der Waals surface area contributed by atoms with Crippen molar-refractivity contribution < 1.29 is 8.78 Å². The summed E-state index contributed by atoms with van der Waals surface area (Å²) in [5, 5.41) is 9.21. The van der Waals surface area contributed by atoms with Crippen LogP contribution in [0, 0.1) is 23.0 Å². The fraction of sp³-hybridized carbons (Fsp3) is 0. The van der Waals surface area contributed by atoms with Crippen LogP contribution in [0.25, 0.3) is 22.4 Å². The van der Waals surface area contributed by atoms with Crippen molar-refractivity contribution in [1.82, 2.24) is 9.97 Å². The van der Waals surface area contributed by atoms with Crippen LogP contribution in [0.2, 0.25) is 0 Å². The first-order valence-corrected chi connectivity index (χ1v) is 6.88. The van der Waals surface area contributed by atoms with Gasteiger partial charge in [-0.2, -0.15) is 10.2 Å². The molecule has 0 radical (unpaired) electrons. The van der Waals surface area contributed by atoms with Crippen molar-refractivity contribution in [3.63, 3.8) is 0 Å². The molecule has 4 N–H and O–H groups in total. The molecule has 2 aromatic carbocycles. The fourth-order valence-electron chi connectivity index (χ4n) is 2.36. The van der Waals surface area contributed by atoms with Gasteiger partial charge in [0.05, 0.1) is 5.69 Å². The molecule has 0 aliphatic carbocycles. The van der Waals surface area contributed by atoms with Crippen molar-refractivity contribution in [1.29, 1.82) is 5.26 Å². The highest BCUT2D eigenvalue weighted by molar-refractivity contribution is 5.75. The average Bonchev–Trinajstić information content (AvgIpc) is 2.53. The highest BCUT2D eigenvalue weighted by Gasteiger charge is 2.13. The number of halogens is 2. The van der Waals surface area contributed by atoms with Crippen molar-refractivity contribution >= 4 is 11.8 Å². The molecule has 0 unspecified atom stereocenters. The predicted octanol–water partition coefficient (Wildman–Crippen LogP) is 3.12. The first kappa shape index (κ1) is 15.4. The zero-order valence-corrected chi connectivity index (χ0v) is 12.3. The normalized spacial score (nSPS) is 10.4. The highest BCUT2D eigenvalue weighted by Crippen LogP contribution is 2.28. The second kappa shape index (κ2) is 5.93. The molecule has 0 spiro atoms. The first-order chi connectivity index (χ1) is 11.5. The molecular formula is C17H11F2N5. The summed E-state index contributed by atoms with van der Waals surface area (Å²) in [6.07, 6.45) is 0. The molecule has 0 saturated heterocycles. The molecule has 3 aromatic rings. The van der Waals surface area contributed by atoms with E-state index in [1.54, 1.807) is 24.3 Å². The molecular weight excluding hydrogens is 312 g/mol. The molecule has 1 aromatic heterocycles. The highest BCUT2D eigenvalue weighted by atomic mass is 19.1. The van der Waals surface area contributed by atoms with Crippen LogP contribution < -0.4 is 11.5 Å². The van der Waals surface area contributed by atoms with E-state index in [9.17, 15) is 14.0 Å². The zero-order valence-electron chi connectivity index (χ0n) is 12.3. The second-order valence-electron chi connectivity index (χ2n) is 5.04. The standard InChI is InChI=1S/C17H11F2N5/c18-12-5-11(6-13(19)7-12)9-1-3-10(4-2-9)15-14(8-20)16(21)24-17(22)23-15/h1-7H,(H4,21,22,23,24). The molecule has 0 fully saturated rings. The minimum Gasteiger partial charge on any atom is -0.382 e. The van der Waals surface area contributed by atoms with E-state index < -0.39 is 11.6 Å². The molecule has 0 aliphatic heterocycles. The number of benzene rings is 2. The summed E-state index contributed by atoms with van der Waals surface area (Å²) < 4.78 is 26.6. The van der Waals surface area contributed by atoms with Gasteiger partial charge in [-0.3, -0.25) is 0 Å². The number of nitrogens with zero attached hydrogens (tertiary/aromatic N) is 3. The Balaban J connectivity index is 2.06. The SMILES string of the molecule is N#Cc1c(N)nc(N)nc1-c1ccc(-c2cc(F)cc(F)c2)cc1. The van der Waals surface area contributed by atoms with E-state index in [2.05, 4.69) is 9.97 Å². The maximum atomic E-state index is 13.3. The van der Waals surface area contributed by atoms with Crippen LogP contribution in [0.3, 0.4) is 0 Å². The monoisotopic (exact) mass is 323 g/mol. The number of anilines is 2. The van der Waals surface area contributed by atoms with E-state index in [4.69, 9.17) is 11.5 Å². The second-order valence-corrected chi connectivity index (χ2v) is 5.04. The summed E-state index contributed by atoms with van der Waals surface area (Å²) in [6.45, 7) is 0. The Labute approximate surface area is 136 Å². The molecule has 0 bridgehead atoms. The Morgan fingerprint density at radius 3 is 2.00 bits per heavy atom. The van der Waals surface area contributed by atoms with E-state index in [1.807, 2.05) is 6.07 Å². The van der Waals surface area contributed by atoms with Crippen LogP contribution in [0.15, 0.2) is 42.5 Å². The molecule has 0 aliphatic rings. The lowest BCUT2D eigenvalue weighted by Crippen LogP contribution is -2.04. The third-order valence-corrected chi connectivity index (χ3v) is 3.42. The largest absolute Gasteiger partial charge is 0.382 e. The summed E-state index contributed by atoms with van der Waals surface area (Å²) in [5.41, 5.74) is 13.3. The van der Waals surface area contributed by atoms with E-state index in [0.29, 0.717) is 22.4 Å². The quantitative estimate of drug-likeness (QED) is 0.754. The molecule has 118 valence electrons. The molecule has 5 nitrogen and oxygen atoms in total. The van der Waals surface area contributed by atoms with Gasteiger partial charge in [0.25, 0.3) is 0 Å². The number of nitriles is 1. The molecule has 0 atom stereocenters. The molecule has 7 heteroatoms. The van der Waals surface area contributed by atoms with Gasteiger partial charge in [-0.05, 0) is 23.3 Å². The van der Waals surface area contributed by atoms with Crippen LogP contribution in [-0.2, 0) is 0 Å². The van der Waals surface area contributed by atoms with Crippen LogP contribution in [0.1, 0.15) is 5.56 Å². The van der Waals surface area contributed by atoms with E-state index in [0.717, 1.165) is 6.07 Å². The van der Waals surface area contributed by atoms with E-state index >= 15 is 0 Å². The maximum Gasteiger partial charge on any atom is 0.222 e. The van der Waals surface area contributed by atoms with Gasteiger partial charge in [0.2, 0.25) is 5.95 Å². The Bertz CT molecular complexity index is 942. The lowest BCUT2D eigenvalue weighted by Gasteiger charge is -2.08. The zero-order chi connectivity index (χ0) is 17.3. The van der Waals surface area contributed by atoms with Crippen LogP contribution in [-0.4, -0.2) is 9.97 Å². The van der Waals surface area contributed by atoms with Gasteiger partial charge in [-0.25, -0.2) is 13.8 Å². The molecule has 24 heavy (non-hydrogen) atoms.